The number of nitrogens with zero attached hydrogens (tertiary/aromatic N) is 1. The van der Waals surface area contributed by atoms with Crippen molar-refractivity contribution in [3.05, 3.63) is 65.5 Å². The number of urea groups is 1. The molecule has 1 heterocycles. The Morgan fingerprint density at radius 1 is 1.20 bits per heavy atom. The van der Waals surface area contributed by atoms with Crippen molar-refractivity contribution in [3.63, 3.8) is 0 Å². The van der Waals surface area contributed by atoms with E-state index in [1.165, 1.54) is 24.3 Å². The van der Waals surface area contributed by atoms with Crippen molar-refractivity contribution in [3.8, 4) is 5.75 Å². The smallest absolute Gasteiger partial charge is 0.325 e. The van der Waals surface area contributed by atoms with Crippen molar-refractivity contribution < 1.29 is 23.5 Å². The highest BCUT2D eigenvalue weighted by atomic mass is 19.1. The summed E-state index contributed by atoms with van der Waals surface area (Å²) in [6.45, 7) is 3.78. The maximum Gasteiger partial charge on any atom is 0.325 e. The van der Waals surface area contributed by atoms with E-state index in [1.807, 2.05) is 31.2 Å². The third kappa shape index (κ3) is 4.42. The molecule has 3 rings (SSSR count). The average Bonchev–Trinajstić information content (AvgIpc) is 2.97. The van der Waals surface area contributed by atoms with Crippen LogP contribution in [0.2, 0.25) is 0 Å². The van der Waals surface area contributed by atoms with Crippen LogP contribution in [0.25, 0.3) is 0 Å². The van der Waals surface area contributed by atoms with Crippen LogP contribution in [0.4, 0.5) is 9.18 Å². The van der Waals surface area contributed by atoms with E-state index in [-0.39, 0.29) is 19.6 Å². The molecule has 158 valence electrons. The summed E-state index contributed by atoms with van der Waals surface area (Å²) in [5, 5.41) is 5.30. The number of hydrogen-bond acceptors (Lipinski definition) is 4. The standard InChI is InChI=1S/C22H24FN3O4/c1-3-22(16-7-9-17(23)10-8-16)20(28)26(21(29)25-22)14-19(27)24-11-12-30-18-6-4-5-15(2)13-18/h4-10,13H,3,11-12,14H2,1-2H3,(H,24,27)(H,25,29). The van der Waals surface area contributed by atoms with Crippen molar-refractivity contribution in [2.75, 3.05) is 19.7 Å². The van der Waals surface area contributed by atoms with Crippen molar-refractivity contribution >= 4 is 17.8 Å². The van der Waals surface area contributed by atoms with Crippen molar-refractivity contribution in [2.24, 2.45) is 0 Å². The zero-order chi connectivity index (χ0) is 21.7. The van der Waals surface area contributed by atoms with Gasteiger partial charge in [-0.1, -0.05) is 31.2 Å². The average molecular weight is 413 g/mol. The van der Waals surface area contributed by atoms with Crippen LogP contribution in [0.1, 0.15) is 24.5 Å². The Morgan fingerprint density at radius 2 is 1.93 bits per heavy atom. The number of nitrogens with one attached hydrogen (secondary N) is 2. The van der Waals surface area contributed by atoms with Gasteiger partial charge >= 0.3 is 6.03 Å². The van der Waals surface area contributed by atoms with E-state index in [4.69, 9.17) is 4.74 Å². The topological polar surface area (TPSA) is 87.7 Å². The van der Waals surface area contributed by atoms with Crippen LogP contribution in [0.15, 0.2) is 48.5 Å². The number of benzene rings is 2. The molecule has 7 nitrogen and oxygen atoms in total. The summed E-state index contributed by atoms with van der Waals surface area (Å²) in [4.78, 5) is 38.5. The lowest BCUT2D eigenvalue weighted by Crippen LogP contribution is -2.45. The minimum Gasteiger partial charge on any atom is -0.492 e. The molecule has 30 heavy (non-hydrogen) atoms. The summed E-state index contributed by atoms with van der Waals surface area (Å²) in [5.74, 6) is -0.749. The van der Waals surface area contributed by atoms with E-state index in [0.29, 0.717) is 11.3 Å². The first-order valence-electron chi connectivity index (χ1n) is 9.72. The van der Waals surface area contributed by atoms with Gasteiger partial charge in [-0.15, -0.1) is 0 Å². The van der Waals surface area contributed by atoms with E-state index < -0.39 is 35.7 Å². The molecule has 8 heteroatoms. The minimum absolute atomic E-state index is 0.229. The van der Waals surface area contributed by atoms with Gasteiger partial charge in [-0.3, -0.25) is 14.5 Å². The Hall–Kier alpha value is -3.42. The van der Waals surface area contributed by atoms with Gasteiger partial charge < -0.3 is 15.4 Å². The molecule has 0 saturated carbocycles. The number of rotatable bonds is 8. The van der Waals surface area contributed by atoms with Gasteiger partial charge in [0.1, 0.15) is 30.3 Å². The number of amides is 4. The number of hydrogen-bond donors (Lipinski definition) is 2. The Bertz CT molecular complexity index is 948. The molecule has 0 radical (unpaired) electrons. The third-order valence-electron chi connectivity index (χ3n) is 5.03. The summed E-state index contributed by atoms with van der Waals surface area (Å²) in [7, 11) is 0. The van der Waals surface area contributed by atoms with Crippen LogP contribution in [0, 0.1) is 12.7 Å². The van der Waals surface area contributed by atoms with Crippen LogP contribution < -0.4 is 15.4 Å². The number of imide groups is 1. The zero-order valence-corrected chi connectivity index (χ0v) is 16.9. The van der Waals surface area contributed by atoms with Crippen LogP contribution in [-0.2, 0) is 15.1 Å². The second kappa shape index (κ2) is 8.94. The third-order valence-corrected chi connectivity index (χ3v) is 5.03. The van der Waals surface area contributed by atoms with Gasteiger partial charge in [0.05, 0.1) is 6.54 Å². The highest BCUT2D eigenvalue weighted by Crippen LogP contribution is 2.32. The molecule has 1 aliphatic rings. The lowest BCUT2D eigenvalue weighted by molar-refractivity contribution is -0.135. The molecule has 0 bridgehead atoms. The van der Waals surface area contributed by atoms with Crippen molar-refractivity contribution in [2.45, 2.75) is 25.8 Å². The van der Waals surface area contributed by atoms with Crippen LogP contribution >= 0.6 is 0 Å². The lowest BCUT2D eigenvalue weighted by atomic mass is 9.87. The lowest BCUT2D eigenvalue weighted by Gasteiger charge is -2.25. The van der Waals surface area contributed by atoms with Gasteiger partial charge in [-0.25, -0.2) is 9.18 Å². The summed E-state index contributed by atoms with van der Waals surface area (Å²) in [5.41, 5.74) is 0.231. The molecule has 4 amide bonds. The summed E-state index contributed by atoms with van der Waals surface area (Å²) >= 11 is 0. The normalized spacial score (nSPS) is 18.3. The Kier molecular flexibility index (Phi) is 6.34. The Labute approximate surface area is 174 Å². The molecule has 0 aromatic heterocycles. The SMILES string of the molecule is CCC1(c2ccc(F)cc2)NC(=O)N(CC(=O)NCCOc2cccc(C)c2)C1=O. The number of aryl methyl sites for hydroxylation is 1. The second-order valence-corrected chi connectivity index (χ2v) is 7.10. The van der Waals surface area contributed by atoms with E-state index in [0.717, 1.165) is 10.5 Å². The molecule has 0 spiro atoms. The molecule has 1 atom stereocenters. The first-order valence-corrected chi connectivity index (χ1v) is 9.72. The van der Waals surface area contributed by atoms with E-state index >= 15 is 0 Å². The molecular weight excluding hydrogens is 389 g/mol. The highest BCUT2D eigenvalue weighted by molar-refractivity contribution is 6.09. The Morgan fingerprint density at radius 3 is 2.60 bits per heavy atom. The largest absolute Gasteiger partial charge is 0.492 e. The van der Waals surface area contributed by atoms with Gasteiger partial charge in [0.15, 0.2) is 0 Å². The van der Waals surface area contributed by atoms with Gasteiger partial charge in [-0.2, -0.15) is 0 Å². The molecule has 1 unspecified atom stereocenters. The summed E-state index contributed by atoms with van der Waals surface area (Å²) < 4.78 is 18.8. The summed E-state index contributed by atoms with van der Waals surface area (Å²) in [6, 6.07) is 12.3. The van der Waals surface area contributed by atoms with Crippen molar-refractivity contribution in [1.82, 2.24) is 15.5 Å². The number of ether oxygens (including phenoxy) is 1. The zero-order valence-electron chi connectivity index (χ0n) is 16.9. The number of halogens is 1. The quantitative estimate of drug-likeness (QED) is 0.514. The van der Waals surface area contributed by atoms with Gasteiger partial charge in [0.25, 0.3) is 5.91 Å². The maximum atomic E-state index is 13.3. The van der Waals surface area contributed by atoms with Crippen LogP contribution in [-0.4, -0.2) is 42.4 Å². The maximum absolute atomic E-state index is 13.3. The minimum atomic E-state index is -1.31. The molecule has 1 fully saturated rings. The molecule has 1 saturated heterocycles. The van der Waals surface area contributed by atoms with E-state index in [9.17, 15) is 18.8 Å². The van der Waals surface area contributed by atoms with Crippen LogP contribution in [0.3, 0.4) is 0 Å². The van der Waals surface area contributed by atoms with Crippen molar-refractivity contribution in [1.29, 1.82) is 0 Å². The number of carbonyl (C=O) groups is 3. The molecule has 1 aliphatic heterocycles. The predicted octanol–water partition coefficient (Wildman–Crippen LogP) is 2.49. The molecule has 2 aromatic rings. The van der Waals surface area contributed by atoms with Gasteiger partial charge in [-0.05, 0) is 48.7 Å². The van der Waals surface area contributed by atoms with E-state index in [2.05, 4.69) is 10.6 Å². The number of carbonyl (C=O) groups excluding carboxylic acids is 3. The molecule has 0 aliphatic carbocycles. The molecule has 2 aromatic carbocycles. The molecule has 2 N–H and O–H groups in total. The van der Waals surface area contributed by atoms with Gasteiger partial charge in [0.2, 0.25) is 5.91 Å². The summed E-state index contributed by atoms with van der Waals surface area (Å²) in [6.07, 6.45) is 0.270. The van der Waals surface area contributed by atoms with E-state index in [1.54, 1.807) is 6.92 Å². The fourth-order valence-corrected chi connectivity index (χ4v) is 3.41. The fourth-order valence-electron chi connectivity index (χ4n) is 3.41. The monoisotopic (exact) mass is 413 g/mol. The first-order chi connectivity index (χ1) is 14.4. The molecular formula is C22H24FN3O4. The second-order valence-electron chi connectivity index (χ2n) is 7.10. The fraction of sp³-hybridized carbons (Fsp3) is 0.318. The predicted molar refractivity (Wildman–Crippen MR) is 108 cm³/mol. The first kappa shape index (κ1) is 21.3. The van der Waals surface area contributed by atoms with Crippen LogP contribution in [0.5, 0.6) is 5.75 Å². The Balaban J connectivity index is 1.56. The van der Waals surface area contributed by atoms with Gasteiger partial charge in [0, 0.05) is 0 Å². The highest BCUT2D eigenvalue weighted by Gasteiger charge is 2.51.